The summed E-state index contributed by atoms with van der Waals surface area (Å²) in [5.41, 5.74) is 0. The predicted octanol–water partition coefficient (Wildman–Crippen LogP) is 1.99. The molecule has 0 aromatic carbocycles. The van der Waals surface area contributed by atoms with Gasteiger partial charge in [0.15, 0.2) is 0 Å². The smallest absolute Gasteiger partial charge is 0.0471 e. The number of aliphatic hydroxyl groups excluding tert-OH is 1. The molecule has 1 N–H and O–H groups in total. The normalized spacial score (nSPS) is 24.5. The Bertz CT molecular complexity index is 286. The second-order valence-electron chi connectivity index (χ2n) is 4.46. The van der Waals surface area contributed by atoms with E-state index in [9.17, 15) is 0 Å². The zero-order chi connectivity index (χ0) is 10.7. The minimum atomic E-state index is 0.349. The van der Waals surface area contributed by atoms with Crippen molar-refractivity contribution in [2.45, 2.75) is 25.8 Å². The fraction of sp³-hybridized carbons (Fsp3) is 0.667. The summed E-state index contributed by atoms with van der Waals surface area (Å²) in [6.45, 7) is 4.86. The third kappa shape index (κ3) is 2.80. The number of aliphatic hydroxyl groups is 1. The van der Waals surface area contributed by atoms with Crippen LogP contribution in [-0.4, -0.2) is 35.7 Å². The van der Waals surface area contributed by atoms with Crippen molar-refractivity contribution >= 4 is 11.3 Å². The molecule has 0 bridgehead atoms. The second-order valence-corrected chi connectivity index (χ2v) is 5.50. The van der Waals surface area contributed by atoms with E-state index in [0.29, 0.717) is 18.6 Å². The lowest BCUT2D eigenvalue weighted by molar-refractivity contribution is 0.204. The number of hydrogen-bond acceptors (Lipinski definition) is 3. The Balaban J connectivity index is 1.84. The maximum atomic E-state index is 9.10. The highest BCUT2D eigenvalue weighted by Crippen LogP contribution is 2.21. The highest BCUT2D eigenvalue weighted by Gasteiger charge is 2.25. The molecule has 2 atom stereocenters. The van der Waals surface area contributed by atoms with Crippen molar-refractivity contribution in [3.8, 4) is 0 Å². The van der Waals surface area contributed by atoms with Crippen LogP contribution < -0.4 is 0 Å². The maximum Gasteiger partial charge on any atom is 0.0471 e. The van der Waals surface area contributed by atoms with Gasteiger partial charge >= 0.3 is 0 Å². The van der Waals surface area contributed by atoms with Crippen LogP contribution in [0.5, 0.6) is 0 Å². The van der Waals surface area contributed by atoms with E-state index in [1.807, 2.05) is 11.3 Å². The number of nitrogens with zero attached hydrogens (tertiary/aromatic N) is 1. The van der Waals surface area contributed by atoms with Gasteiger partial charge in [0.25, 0.3) is 0 Å². The molecule has 0 amide bonds. The van der Waals surface area contributed by atoms with Gasteiger partial charge in [-0.3, -0.25) is 4.90 Å². The maximum absolute atomic E-state index is 9.10. The molecule has 3 heteroatoms. The molecule has 1 aliphatic heterocycles. The zero-order valence-corrected chi connectivity index (χ0v) is 10.0. The van der Waals surface area contributed by atoms with Gasteiger partial charge in [-0.25, -0.2) is 0 Å². The van der Waals surface area contributed by atoms with Gasteiger partial charge < -0.3 is 5.11 Å². The highest BCUT2D eigenvalue weighted by molar-refractivity contribution is 7.09. The highest BCUT2D eigenvalue weighted by atomic mass is 32.1. The molecule has 1 aromatic heterocycles. The Labute approximate surface area is 95.5 Å². The molecule has 1 aromatic rings. The van der Waals surface area contributed by atoms with Crippen molar-refractivity contribution in [3.05, 3.63) is 22.4 Å². The quantitative estimate of drug-likeness (QED) is 0.847. The molecular weight excluding hydrogens is 206 g/mol. The van der Waals surface area contributed by atoms with Gasteiger partial charge in [-0.15, -0.1) is 11.3 Å². The van der Waals surface area contributed by atoms with Crippen LogP contribution in [0.15, 0.2) is 17.5 Å². The van der Waals surface area contributed by atoms with E-state index in [0.717, 1.165) is 25.9 Å². The van der Waals surface area contributed by atoms with Gasteiger partial charge in [-0.2, -0.15) is 0 Å². The average molecular weight is 225 g/mol. The fourth-order valence-corrected chi connectivity index (χ4v) is 3.09. The Morgan fingerprint density at radius 3 is 3.13 bits per heavy atom. The van der Waals surface area contributed by atoms with Crippen LogP contribution in [0.3, 0.4) is 0 Å². The standard InChI is InChI=1S/C12H19NOS/c1-10(7-12-3-2-6-15-12)13-5-4-11(8-13)9-14/h2-3,6,10-11,14H,4-5,7-9H2,1H3. The minimum absolute atomic E-state index is 0.349. The van der Waals surface area contributed by atoms with Crippen molar-refractivity contribution in [1.82, 2.24) is 4.90 Å². The Morgan fingerprint density at radius 1 is 1.67 bits per heavy atom. The first-order valence-electron chi connectivity index (χ1n) is 5.67. The van der Waals surface area contributed by atoms with Crippen LogP contribution in [-0.2, 0) is 6.42 Å². The zero-order valence-electron chi connectivity index (χ0n) is 9.22. The largest absolute Gasteiger partial charge is 0.396 e. The molecule has 2 unspecified atom stereocenters. The summed E-state index contributed by atoms with van der Waals surface area (Å²) in [4.78, 5) is 3.97. The van der Waals surface area contributed by atoms with Gasteiger partial charge in [0, 0.05) is 24.1 Å². The monoisotopic (exact) mass is 225 g/mol. The van der Waals surface area contributed by atoms with E-state index < -0.39 is 0 Å². The van der Waals surface area contributed by atoms with Crippen molar-refractivity contribution in [2.75, 3.05) is 19.7 Å². The molecule has 0 aliphatic carbocycles. The lowest BCUT2D eigenvalue weighted by atomic mass is 10.1. The second kappa shape index (κ2) is 5.10. The van der Waals surface area contributed by atoms with E-state index in [4.69, 9.17) is 5.11 Å². The summed E-state index contributed by atoms with van der Waals surface area (Å²) in [7, 11) is 0. The summed E-state index contributed by atoms with van der Waals surface area (Å²) in [5, 5.41) is 11.2. The summed E-state index contributed by atoms with van der Waals surface area (Å²) in [6.07, 6.45) is 2.31. The summed E-state index contributed by atoms with van der Waals surface area (Å²) < 4.78 is 0. The molecule has 84 valence electrons. The summed E-state index contributed by atoms with van der Waals surface area (Å²) >= 11 is 1.84. The predicted molar refractivity (Wildman–Crippen MR) is 64.3 cm³/mol. The molecule has 15 heavy (non-hydrogen) atoms. The minimum Gasteiger partial charge on any atom is -0.396 e. The molecule has 2 nitrogen and oxygen atoms in total. The molecule has 1 aliphatic rings. The SMILES string of the molecule is CC(Cc1cccs1)N1CCC(CO)C1. The van der Waals surface area contributed by atoms with E-state index in [1.54, 1.807) is 0 Å². The average Bonchev–Trinajstić information content (AvgIpc) is 2.86. The molecule has 0 spiro atoms. The van der Waals surface area contributed by atoms with Crippen LogP contribution in [0.4, 0.5) is 0 Å². The molecule has 2 heterocycles. The Hall–Kier alpha value is -0.380. The first kappa shape index (κ1) is 11.1. The number of hydrogen-bond donors (Lipinski definition) is 1. The number of thiophene rings is 1. The van der Waals surface area contributed by atoms with Crippen molar-refractivity contribution < 1.29 is 5.11 Å². The van der Waals surface area contributed by atoms with E-state index in [1.165, 1.54) is 4.88 Å². The van der Waals surface area contributed by atoms with Gasteiger partial charge in [0.05, 0.1) is 0 Å². The molecule has 1 fully saturated rings. The Kier molecular flexibility index (Phi) is 3.78. The summed E-state index contributed by atoms with van der Waals surface area (Å²) in [5.74, 6) is 0.510. The number of rotatable bonds is 4. The van der Waals surface area contributed by atoms with Gasteiger partial charge in [0.2, 0.25) is 0 Å². The van der Waals surface area contributed by atoms with Crippen LogP contribution in [0.25, 0.3) is 0 Å². The molecule has 1 saturated heterocycles. The lowest BCUT2D eigenvalue weighted by Gasteiger charge is -2.23. The lowest BCUT2D eigenvalue weighted by Crippen LogP contribution is -2.32. The fourth-order valence-electron chi connectivity index (χ4n) is 2.26. The summed E-state index contributed by atoms with van der Waals surface area (Å²) in [6, 6.07) is 4.94. The molecule has 2 rings (SSSR count). The van der Waals surface area contributed by atoms with Gasteiger partial charge in [0.1, 0.15) is 0 Å². The van der Waals surface area contributed by atoms with E-state index >= 15 is 0 Å². The third-order valence-electron chi connectivity index (χ3n) is 3.28. The molecule has 0 saturated carbocycles. The first-order valence-corrected chi connectivity index (χ1v) is 6.55. The van der Waals surface area contributed by atoms with E-state index in [-0.39, 0.29) is 0 Å². The number of likely N-dealkylation sites (tertiary alicyclic amines) is 1. The molecule has 0 radical (unpaired) electrons. The topological polar surface area (TPSA) is 23.5 Å². The van der Waals surface area contributed by atoms with Gasteiger partial charge in [-0.05, 0) is 43.7 Å². The van der Waals surface area contributed by atoms with Crippen molar-refractivity contribution in [3.63, 3.8) is 0 Å². The van der Waals surface area contributed by atoms with Gasteiger partial charge in [-0.1, -0.05) is 6.07 Å². The first-order chi connectivity index (χ1) is 7.29. The molecular formula is C12H19NOS. The van der Waals surface area contributed by atoms with Crippen LogP contribution >= 0.6 is 11.3 Å². The van der Waals surface area contributed by atoms with Crippen molar-refractivity contribution in [1.29, 1.82) is 0 Å². The van der Waals surface area contributed by atoms with Crippen LogP contribution in [0.2, 0.25) is 0 Å². The van der Waals surface area contributed by atoms with Crippen LogP contribution in [0, 0.1) is 5.92 Å². The van der Waals surface area contributed by atoms with Crippen LogP contribution in [0.1, 0.15) is 18.2 Å². The van der Waals surface area contributed by atoms with E-state index in [2.05, 4.69) is 29.3 Å². The Morgan fingerprint density at radius 2 is 2.53 bits per heavy atom. The van der Waals surface area contributed by atoms with Crippen molar-refractivity contribution in [2.24, 2.45) is 5.92 Å². The third-order valence-corrected chi connectivity index (χ3v) is 4.17.